The molecule has 3 aromatic carbocycles. The molecule has 2 aromatic heterocycles. The summed E-state index contributed by atoms with van der Waals surface area (Å²) in [7, 11) is 0. The van der Waals surface area contributed by atoms with Crippen LogP contribution in [-0.4, -0.2) is 0 Å². The molecule has 0 aliphatic rings. The summed E-state index contributed by atoms with van der Waals surface area (Å²) in [6.45, 7) is -1.00. The van der Waals surface area contributed by atoms with Gasteiger partial charge in [0.1, 0.15) is 23.5 Å². The number of hydrogen-bond acceptors (Lipinski definition) is 5. The summed E-state index contributed by atoms with van der Waals surface area (Å²) < 4.78 is 83.6. The zero-order valence-corrected chi connectivity index (χ0v) is 18.4. The van der Waals surface area contributed by atoms with Gasteiger partial charge in [0.2, 0.25) is 5.82 Å². The molecule has 0 fully saturated rings. The van der Waals surface area contributed by atoms with Gasteiger partial charge in [-0.25, -0.2) is 31.5 Å². The quantitative estimate of drug-likeness (QED) is 0.117. The number of halogens is 6. The predicted octanol–water partition coefficient (Wildman–Crippen LogP) is 6.49. The molecule has 5 aromatic rings. The Morgan fingerprint density at radius 2 is 1.42 bits per heavy atom. The lowest BCUT2D eigenvalue weighted by atomic mass is 10.0. The number of ether oxygens (including phenoxy) is 1. The zero-order chi connectivity index (χ0) is 25.7. The Kier molecular flexibility index (Phi) is 5.76. The molecule has 0 spiro atoms. The fourth-order valence-electron chi connectivity index (χ4n) is 3.67. The van der Waals surface area contributed by atoms with Gasteiger partial charge in [0, 0.05) is 33.5 Å². The Morgan fingerprint density at radius 3 is 2.14 bits per heavy atom. The van der Waals surface area contributed by atoms with Crippen molar-refractivity contribution in [2.75, 3.05) is 0 Å². The lowest BCUT2D eigenvalue weighted by Crippen LogP contribution is -2.10. The van der Waals surface area contributed by atoms with Gasteiger partial charge in [-0.3, -0.25) is 0 Å². The molecular weight excluding hydrogens is 511 g/mol. The SMILES string of the molecule is O=c1cc(-c2cc3cc(Cl)ccc3oc2=O)c2ccc(OCc3c(F)c(F)c(F)c(F)c3F)cc2o1. The fourth-order valence-corrected chi connectivity index (χ4v) is 3.85. The van der Waals surface area contributed by atoms with Crippen molar-refractivity contribution in [1.82, 2.24) is 0 Å². The second-order valence-corrected chi connectivity index (χ2v) is 8.04. The molecule has 0 N–H and O–H groups in total. The molecule has 182 valence electrons. The van der Waals surface area contributed by atoms with Crippen LogP contribution >= 0.6 is 11.6 Å². The molecule has 0 radical (unpaired) electrons. The second kappa shape index (κ2) is 8.80. The van der Waals surface area contributed by atoms with Crippen LogP contribution in [0.2, 0.25) is 5.02 Å². The van der Waals surface area contributed by atoms with Crippen molar-refractivity contribution in [2.45, 2.75) is 6.61 Å². The van der Waals surface area contributed by atoms with Crippen molar-refractivity contribution < 1.29 is 35.5 Å². The normalized spacial score (nSPS) is 11.4. The van der Waals surface area contributed by atoms with Gasteiger partial charge in [0.25, 0.3) is 0 Å². The average molecular weight is 521 g/mol. The molecule has 0 atom stereocenters. The van der Waals surface area contributed by atoms with E-state index in [4.69, 9.17) is 25.2 Å². The third-order valence-electron chi connectivity index (χ3n) is 5.38. The van der Waals surface area contributed by atoms with Crippen LogP contribution in [0.4, 0.5) is 22.0 Å². The maximum atomic E-state index is 13.9. The fraction of sp³-hybridized carbons (Fsp3) is 0.0400. The average Bonchev–Trinajstić information content (AvgIpc) is 2.85. The Balaban J connectivity index is 1.56. The van der Waals surface area contributed by atoms with Crippen LogP contribution in [0.1, 0.15) is 5.56 Å². The van der Waals surface area contributed by atoms with Crippen LogP contribution in [-0.2, 0) is 6.61 Å². The lowest BCUT2D eigenvalue weighted by Gasteiger charge is -2.11. The van der Waals surface area contributed by atoms with Crippen molar-refractivity contribution in [3.63, 3.8) is 0 Å². The molecular formula is C25H10ClF5O5. The van der Waals surface area contributed by atoms with Crippen molar-refractivity contribution in [2.24, 2.45) is 0 Å². The van der Waals surface area contributed by atoms with Gasteiger partial charge in [-0.15, -0.1) is 0 Å². The Morgan fingerprint density at radius 1 is 0.722 bits per heavy atom. The second-order valence-electron chi connectivity index (χ2n) is 7.60. The predicted molar refractivity (Wildman–Crippen MR) is 120 cm³/mol. The van der Waals surface area contributed by atoms with Crippen molar-refractivity contribution in [3.05, 3.63) is 109 Å². The van der Waals surface area contributed by atoms with Crippen molar-refractivity contribution in [1.29, 1.82) is 0 Å². The minimum absolute atomic E-state index is 0.0396. The Hall–Kier alpha value is -4.18. The summed E-state index contributed by atoms with van der Waals surface area (Å²) >= 11 is 6.01. The van der Waals surface area contributed by atoms with Crippen LogP contribution in [0, 0.1) is 29.1 Å². The molecule has 0 aliphatic heterocycles. The van der Waals surface area contributed by atoms with Crippen LogP contribution in [0.3, 0.4) is 0 Å². The van der Waals surface area contributed by atoms with E-state index in [0.29, 0.717) is 10.4 Å². The molecule has 0 unspecified atom stereocenters. The van der Waals surface area contributed by atoms with E-state index in [9.17, 15) is 31.5 Å². The number of benzene rings is 3. The van der Waals surface area contributed by atoms with E-state index >= 15 is 0 Å². The van der Waals surface area contributed by atoms with Crippen LogP contribution in [0.25, 0.3) is 33.1 Å². The summed E-state index contributed by atoms with van der Waals surface area (Å²) in [6, 6.07) is 11.1. The van der Waals surface area contributed by atoms with Gasteiger partial charge in [-0.05, 0) is 36.4 Å². The summed E-state index contributed by atoms with van der Waals surface area (Å²) in [6.07, 6.45) is 0. The standard InChI is InChI=1S/C25H10ClF5O5/c26-11-1-4-17-10(5-11)6-15(25(33)36-17)14-8-19(32)35-18-7-12(2-3-13(14)18)34-9-16-20(27)22(29)24(31)23(30)21(16)28/h1-8H,9H2. The van der Waals surface area contributed by atoms with Gasteiger partial charge in [-0.1, -0.05) is 11.6 Å². The first-order valence-corrected chi connectivity index (χ1v) is 10.5. The highest BCUT2D eigenvalue weighted by atomic mass is 35.5. The lowest BCUT2D eigenvalue weighted by molar-refractivity contribution is 0.279. The largest absolute Gasteiger partial charge is 0.489 e. The van der Waals surface area contributed by atoms with Gasteiger partial charge < -0.3 is 13.6 Å². The molecule has 2 heterocycles. The van der Waals surface area contributed by atoms with E-state index in [2.05, 4.69) is 0 Å². The summed E-state index contributed by atoms with van der Waals surface area (Å²) in [5, 5.41) is 1.18. The van der Waals surface area contributed by atoms with Gasteiger partial charge in [-0.2, -0.15) is 0 Å². The van der Waals surface area contributed by atoms with Gasteiger partial charge >= 0.3 is 11.3 Å². The molecule has 36 heavy (non-hydrogen) atoms. The van der Waals surface area contributed by atoms with E-state index in [0.717, 1.165) is 6.07 Å². The first-order chi connectivity index (χ1) is 17.1. The monoisotopic (exact) mass is 520 g/mol. The first kappa shape index (κ1) is 23.6. The number of rotatable bonds is 4. The maximum absolute atomic E-state index is 13.9. The van der Waals surface area contributed by atoms with Crippen LogP contribution in [0.5, 0.6) is 5.75 Å². The summed E-state index contributed by atoms with van der Waals surface area (Å²) in [4.78, 5) is 24.8. The highest BCUT2D eigenvalue weighted by Gasteiger charge is 2.26. The minimum Gasteiger partial charge on any atom is -0.489 e. The molecule has 0 amide bonds. The third-order valence-corrected chi connectivity index (χ3v) is 5.62. The first-order valence-electron chi connectivity index (χ1n) is 10.1. The number of hydrogen-bond donors (Lipinski definition) is 0. The Labute approximate surface area is 201 Å². The highest BCUT2D eigenvalue weighted by molar-refractivity contribution is 6.31. The number of fused-ring (bicyclic) bond motifs is 2. The highest BCUT2D eigenvalue weighted by Crippen LogP contribution is 2.31. The van der Waals surface area contributed by atoms with E-state index in [1.54, 1.807) is 12.1 Å². The van der Waals surface area contributed by atoms with Crippen molar-refractivity contribution in [3.8, 4) is 16.9 Å². The zero-order valence-electron chi connectivity index (χ0n) is 17.6. The van der Waals surface area contributed by atoms with Crippen LogP contribution < -0.4 is 16.0 Å². The third kappa shape index (κ3) is 3.99. The summed E-state index contributed by atoms with van der Waals surface area (Å²) in [5.41, 5.74) is -2.32. The van der Waals surface area contributed by atoms with Crippen LogP contribution in [0.15, 0.2) is 67.0 Å². The van der Waals surface area contributed by atoms with Gasteiger partial charge in [0.15, 0.2) is 23.3 Å². The molecule has 0 aliphatic carbocycles. The summed E-state index contributed by atoms with van der Waals surface area (Å²) in [5.74, 6) is -10.6. The minimum atomic E-state index is -2.28. The van der Waals surface area contributed by atoms with E-state index < -0.39 is 52.5 Å². The van der Waals surface area contributed by atoms with E-state index in [1.807, 2.05) is 0 Å². The molecule has 0 saturated carbocycles. The molecule has 11 heteroatoms. The molecule has 5 rings (SSSR count). The van der Waals surface area contributed by atoms with E-state index in [1.165, 1.54) is 30.3 Å². The van der Waals surface area contributed by atoms with Gasteiger partial charge in [0.05, 0.1) is 11.1 Å². The Bertz CT molecular complexity index is 1780. The van der Waals surface area contributed by atoms with E-state index in [-0.39, 0.29) is 33.4 Å². The maximum Gasteiger partial charge on any atom is 0.344 e. The molecule has 5 nitrogen and oxygen atoms in total. The molecule has 0 bridgehead atoms. The smallest absolute Gasteiger partial charge is 0.344 e. The topological polar surface area (TPSA) is 69.7 Å². The van der Waals surface area contributed by atoms with Crippen molar-refractivity contribution >= 4 is 33.5 Å². The molecule has 0 saturated heterocycles.